The first-order valence-electron chi connectivity index (χ1n) is 14.2. The molecule has 2 heterocycles. The predicted octanol–water partition coefficient (Wildman–Crippen LogP) is 6.76. The summed E-state index contributed by atoms with van der Waals surface area (Å²) in [6.07, 6.45) is 6.29. The van der Waals surface area contributed by atoms with Crippen LogP contribution < -0.4 is 10.4 Å². The molecule has 2 aromatic carbocycles. The average molecular weight is 552 g/mol. The van der Waals surface area contributed by atoms with Gasteiger partial charge in [-0.2, -0.15) is 0 Å². The maximum atomic E-state index is 14.0. The normalized spacial score (nSPS) is 23.9. The maximum Gasteiger partial charge on any atom is 0.336 e. The molecule has 1 aliphatic carbocycles. The molecule has 0 radical (unpaired) electrons. The first kappa shape index (κ1) is 27.7. The number of rotatable bonds is 7. The first-order chi connectivity index (χ1) is 18.7. The van der Waals surface area contributed by atoms with Crippen molar-refractivity contribution in [2.45, 2.75) is 89.9 Å². The molecule has 1 amide bonds. The van der Waals surface area contributed by atoms with Crippen LogP contribution >= 0.6 is 11.6 Å². The second-order valence-corrected chi connectivity index (χ2v) is 11.7. The molecule has 0 spiro atoms. The van der Waals surface area contributed by atoms with Crippen molar-refractivity contribution in [1.82, 2.24) is 4.90 Å². The summed E-state index contributed by atoms with van der Waals surface area (Å²) < 4.78 is 11.9. The molecule has 5 rings (SSSR count). The monoisotopic (exact) mass is 551 g/mol. The Bertz CT molecular complexity index is 1400. The number of aryl methyl sites for hydroxylation is 2. The minimum Gasteiger partial charge on any atom is -0.480 e. The largest absolute Gasteiger partial charge is 0.480 e. The van der Waals surface area contributed by atoms with Crippen LogP contribution in [0.2, 0.25) is 5.02 Å². The van der Waals surface area contributed by atoms with Crippen molar-refractivity contribution in [1.29, 1.82) is 0 Å². The van der Waals surface area contributed by atoms with E-state index < -0.39 is 11.7 Å². The van der Waals surface area contributed by atoms with E-state index in [-0.39, 0.29) is 23.5 Å². The van der Waals surface area contributed by atoms with E-state index in [1.165, 1.54) is 0 Å². The van der Waals surface area contributed by atoms with E-state index in [1.807, 2.05) is 48.2 Å². The number of unbranched alkanes of at least 4 members (excludes halogenated alkanes) is 1. The summed E-state index contributed by atoms with van der Waals surface area (Å²) in [7, 11) is 0. The van der Waals surface area contributed by atoms with Gasteiger partial charge in [0.2, 0.25) is 0 Å². The van der Waals surface area contributed by atoms with Gasteiger partial charge in [0.15, 0.2) is 6.10 Å². The molecule has 7 heteroatoms. The van der Waals surface area contributed by atoms with Gasteiger partial charge in [-0.25, -0.2) is 4.79 Å². The van der Waals surface area contributed by atoms with E-state index in [0.29, 0.717) is 34.9 Å². The molecule has 1 N–H and O–H groups in total. The van der Waals surface area contributed by atoms with Crippen molar-refractivity contribution in [3.8, 4) is 5.75 Å². The van der Waals surface area contributed by atoms with Gasteiger partial charge >= 0.3 is 5.63 Å². The Morgan fingerprint density at radius 3 is 2.72 bits per heavy atom. The Morgan fingerprint density at radius 1 is 1.21 bits per heavy atom. The molecule has 3 aromatic rings. The van der Waals surface area contributed by atoms with Gasteiger partial charge in [0.25, 0.3) is 5.91 Å². The van der Waals surface area contributed by atoms with Gasteiger partial charge in [-0.15, -0.1) is 0 Å². The number of carbonyl (C=O) groups excluding carboxylic acids is 1. The lowest BCUT2D eigenvalue weighted by atomic mass is 9.66. The quantitative estimate of drug-likeness (QED) is 0.328. The molecule has 2 fully saturated rings. The number of halogens is 1. The third-order valence-electron chi connectivity index (χ3n) is 8.71. The minimum absolute atomic E-state index is 0.0458. The Balaban J connectivity index is 1.43. The molecule has 1 aromatic heterocycles. The van der Waals surface area contributed by atoms with Crippen LogP contribution in [0.1, 0.15) is 81.5 Å². The number of piperidine rings is 1. The van der Waals surface area contributed by atoms with E-state index >= 15 is 0 Å². The summed E-state index contributed by atoms with van der Waals surface area (Å²) in [4.78, 5) is 28.1. The summed E-state index contributed by atoms with van der Waals surface area (Å²) in [5.74, 6) is 0.351. The SMILES string of the molecule is CCCCc1cc(=O)oc2c(C)c(O[C@H](C)C(=O)N3CC[C@@]4(O)CCCC[C@@H]4[C@@H]3c3ccc(Cl)cc3)ccc12. The lowest BCUT2D eigenvalue weighted by Crippen LogP contribution is -2.58. The first-order valence-corrected chi connectivity index (χ1v) is 14.6. The smallest absolute Gasteiger partial charge is 0.336 e. The highest BCUT2D eigenvalue weighted by Gasteiger charge is 2.50. The number of hydrogen-bond donors (Lipinski definition) is 1. The number of benzene rings is 2. The topological polar surface area (TPSA) is 80.0 Å². The van der Waals surface area contributed by atoms with Crippen LogP contribution in [0.5, 0.6) is 5.75 Å². The number of nitrogens with zero attached hydrogens (tertiary/aromatic N) is 1. The summed E-state index contributed by atoms with van der Waals surface area (Å²) in [6, 6.07) is 12.7. The van der Waals surface area contributed by atoms with E-state index in [0.717, 1.165) is 61.5 Å². The summed E-state index contributed by atoms with van der Waals surface area (Å²) in [6.45, 7) is 6.21. The van der Waals surface area contributed by atoms with E-state index in [9.17, 15) is 14.7 Å². The lowest BCUT2D eigenvalue weighted by Gasteiger charge is -2.53. The minimum atomic E-state index is -0.772. The number of amides is 1. The fraction of sp³-hybridized carbons (Fsp3) is 0.500. The molecule has 1 saturated heterocycles. The second-order valence-electron chi connectivity index (χ2n) is 11.3. The van der Waals surface area contributed by atoms with E-state index in [2.05, 4.69) is 6.92 Å². The van der Waals surface area contributed by atoms with Crippen LogP contribution in [0.3, 0.4) is 0 Å². The molecule has 1 saturated carbocycles. The van der Waals surface area contributed by atoms with Gasteiger partial charge in [0.1, 0.15) is 11.3 Å². The zero-order valence-electron chi connectivity index (χ0n) is 23.0. The second kappa shape index (κ2) is 11.3. The van der Waals surface area contributed by atoms with Crippen molar-refractivity contribution in [3.05, 3.63) is 74.6 Å². The van der Waals surface area contributed by atoms with Gasteiger partial charge in [-0.3, -0.25) is 4.79 Å². The van der Waals surface area contributed by atoms with E-state index in [1.54, 1.807) is 13.0 Å². The third kappa shape index (κ3) is 5.46. The maximum absolute atomic E-state index is 14.0. The number of carbonyl (C=O) groups is 1. The van der Waals surface area contributed by atoms with Gasteiger partial charge in [0.05, 0.1) is 11.6 Å². The average Bonchev–Trinajstić information content (AvgIpc) is 2.92. The molecule has 2 aliphatic rings. The van der Waals surface area contributed by atoms with Crippen molar-refractivity contribution in [3.63, 3.8) is 0 Å². The standard InChI is InChI=1S/C32H38ClNO5/c1-4-5-8-23-19-28(35)39-30-20(2)27(15-14-25(23)30)38-21(3)31(36)34-18-17-32(37)16-7-6-9-26(32)29(34)22-10-12-24(33)13-11-22/h10-15,19,21,26,29,37H,4-9,16-18H2,1-3H3/t21-,26-,29+,32+/m1/s1. The van der Waals surface area contributed by atoms with Crippen molar-refractivity contribution in [2.24, 2.45) is 5.92 Å². The number of aliphatic hydroxyl groups is 1. The molecule has 208 valence electrons. The van der Waals surface area contributed by atoms with Crippen molar-refractivity contribution in [2.75, 3.05) is 6.54 Å². The summed E-state index contributed by atoms with van der Waals surface area (Å²) >= 11 is 6.18. The predicted molar refractivity (Wildman–Crippen MR) is 153 cm³/mol. The lowest BCUT2D eigenvalue weighted by molar-refractivity contribution is -0.161. The highest BCUT2D eigenvalue weighted by atomic mass is 35.5. The zero-order chi connectivity index (χ0) is 27.7. The van der Waals surface area contributed by atoms with Gasteiger partial charge in [0, 0.05) is 34.5 Å². The summed E-state index contributed by atoms with van der Waals surface area (Å²) in [5.41, 5.74) is 2.02. The van der Waals surface area contributed by atoms with Crippen LogP contribution in [0.25, 0.3) is 11.0 Å². The highest BCUT2D eigenvalue weighted by Crippen LogP contribution is 2.49. The van der Waals surface area contributed by atoms with Gasteiger partial charge in [-0.1, -0.05) is 49.9 Å². The Morgan fingerprint density at radius 2 is 1.97 bits per heavy atom. The fourth-order valence-electron chi connectivity index (χ4n) is 6.59. The van der Waals surface area contributed by atoms with Crippen molar-refractivity contribution < 1.29 is 19.1 Å². The Labute approximate surface area is 234 Å². The van der Waals surface area contributed by atoms with Crippen LogP contribution in [-0.4, -0.2) is 34.2 Å². The van der Waals surface area contributed by atoms with E-state index in [4.69, 9.17) is 20.8 Å². The van der Waals surface area contributed by atoms with Gasteiger partial charge in [-0.05, 0) is 81.3 Å². The van der Waals surface area contributed by atoms with Crippen LogP contribution in [0.4, 0.5) is 0 Å². The number of likely N-dealkylation sites (tertiary alicyclic amines) is 1. The molecule has 4 atom stereocenters. The zero-order valence-corrected chi connectivity index (χ0v) is 23.8. The van der Waals surface area contributed by atoms with Crippen LogP contribution in [-0.2, 0) is 11.2 Å². The molecule has 0 bridgehead atoms. The van der Waals surface area contributed by atoms with Crippen LogP contribution in [0.15, 0.2) is 51.7 Å². The third-order valence-corrected chi connectivity index (χ3v) is 8.96. The number of fused-ring (bicyclic) bond motifs is 2. The number of ether oxygens (including phenoxy) is 1. The van der Waals surface area contributed by atoms with Crippen LogP contribution in [0, 0.1) is 12.8 Å². The fourth-order valence-corrected chi connectivity index (χ4v) is 6.71. The molecule has 6 nitrogen and oxygen atoms in total. The molecular formula is C32H38ClNO5. The summed E-state index contributed by atoms with van der Waals surface area (Å²) in [5, 5.41) is 13.1. The Kier molecular flexibility index (Phi) is 8.06. The molecule has 39 heavy (non-hydrogen) atoms. The highest BCUT2D eigenvalue weighted by molar-refractivity contribution is 6.30. The molecule has 1 aliphatic heterocycles. The van der Waals surface area contributed by atoms with Crippen molar-refractivity contribution >= 4 is 28.5 Å². The molecular weight excluding hydrogens is 514 g/mol. The number of hydrogen-bond acceptors (Lipinski definition) is 5. The Hall–Kier alpha value is -2.83. The van der Waals surface area contributed by atoms with Gasteiger partial charge < -0.3 is 19.2 Å². The molecule has 0 unspecified atom stereocenters.